The van der Waals surface area contributed by atoms with Crippen molar-refractivity contribution < 1.29 is 14.7 Å². The Kier molecular flexibility index (Phi) is 6.22. The van der Waals surface area contributed by atoms with Crippen LogP contribution in [0.2, 0.25) is 0 Å². The molecular formula is C40H30N6O3. The lowest BCUT2D eigenvalue weighted by Crippen LogP contribution is -2.63. The maximum absolute atomic E-state index is 13.7. The minimum Gasteiger partial charge on any atom is -0.390 e. The first-order valence-corrected chi connectivity index (χ1v) is 16.2. The van der Waals surface area contributed by atoms with Crippen molar-refractivity contribution >= 4 is 28.5 Å². The van der Waals surface area contributed by atoms with Crippen LogP contribution in [0.15, 0.2) is 116 Å². The van der Waals surface area contributed by atoms with Crippen LogP contribution in [0.5, 0.6) is 0 Å². The molecule has 3 aromatic carbocycles. The van der Waals surface area contributed by atoms with Crippen LogP contribution in [0.25, 0.3) is 50.2 Å². The first kappa shape index (κ1) is 29.1. The van der Waals surface area contributed by atoms with Gasteiger partial charge >= 0.3 is 0 Å². The van der Waals surface area contributed by atoms with E-state index in [1.54, 1.807) is 41.9 Å². The fraction of sp³-hybridized carbons (Fsp3) is 0.150. The van der Waals surface area contributed by atoms with Crippen molar-refractivity contribution in [2.24, 2.45) is 0 Å². The highest BCUT2D eigenvalue weighted by atomic mass is 16.3. The molecule has 0 unspecified atom stereocenters. The second-order valence-corrected chi connectivity index (χ2v) is 13.3. The quantitative estimate of drug-likeness (QED) is 0.201. The summed E-state index contributed by atoms with van der Waals surface area (Å²) in [4.78, 5) is 43.3. The summed E-state index contributed by atoms with van der Waals surface area (Å²) in [6.07, 6.45) is 5.94. The molecule has 9 nitrogen and oxygen atoms in total. The molecule has 7 aromatic rings. The van der Waals surface area contributed by atoms with E-state index in [9.17, 15) is 14.7 Å². The molecule has 1 saturated carbocycles. The minimum absolute atomic E-state index is 0.239. The monoisotopic (exact) mass is 642 g/mol. The van der Waals surface area contributed by atoms with Crippen LogP contribution in [0.3, 0.4) is 0 Å². The van der Waals surface area contributed by atoms with Gasteiger partial charge in [-0.15, -0.1) is 0 Å². The number of pyridine rings is 2. The number of amides is 2. The molecule has 5 heterocycles. The van der Waals surface area contributed by atoms with Gasteiger partial charge in [0.25, 0.3) is 11.8 Å². The molecule has 4 aromatic heterocycles. The fourth-order valence-corrected chi connectivity index (χ4v) is 7.86. The molecule has 9 heteroatoms. The number of hydrogen-bond acceptors (Lipinski definition) is 7. The van der Waals surface area contributed by atoms with Gasteiger partial charge in [-0.25, -0.2) is 9.97 Å². The minimum atomic E-state index is -1.02. The number of carbonyl (C=O) groups is 2. The van der Waals surface area contributed by atoms with E-state index in [1.807, 2.05) is 80.0 Å². The molecular weight excluding hydrogens is 612 g/mol. The van der Waals surface area contributed by atoms with Crippen molar-refractivity contribution in [2.45, 2.75) is 37.8 Å². The maximum atomic E-state index is 13.7. The molecule has 1 N–H and O–H groups in total. The van der Waals surface area contributed by atoms with E-state index in [0.717, 1.165) is 50.2 Å². The lowest BCUT2D eigenvalue weighted by molar-refractivity contribution is -0.118. The Labute approximate surface area is 281 Å². The summed E-state index contributed by atoms with van der Waals surface area (Å²) < 4.78 is 1.78. The average Bonchev–Trinajstić information content (AvgIpc) is 3.62. The fourth-order valence-electron chi connectivity index (χ4n) is 7.86. The Bertz CT molecular complexity index is 2430. The lowest BCUT2D eigenvalue weighted by atomic mass is 9.61. The third kappa shape index (κ3) is 4.36. The molecule has 238 valence electrons. The molecule has 49 heavy (non-hydrogen) atoms. The smallest absolute Gasteiger partial charge is 0.262 e. The molecule has 0 radical (unpaired) electrons. The summed E-state index contributed by atoms with van der Waals surface area (Å²) in [5.41, 5.74) is 7.06. The summed E-state index contributed by atoms with van der Waals surface area (Å²) >= 11 is 0. The zero-order chi connectivity index (χ0) is 33.5. The summed E-state index contributed by atoms with van der Waals surface area (Å²) in [6, 6.07) is 30.8. The van der Waals surface area contributed by atoms with E-state index in [2.05, 4.69) is 17.1 Å². The Balaban J connectivity index is 1.26. The van der Waals surface area contributed by atoms with Crippen LogP contribution in [-0.2, 0) is 5.54 Å². The summed E-state index contributed by atoms with van der Waals surface area (Å²) in [5.74, 6) is -0.674. The first-order valence-electron chi connectivity index (χ1n) is 16.2. The second-order valence-electron chi connectivity index (χ2n) is 13.3. The zero-order valence-corrected chi connectivity index (χ0v) is 26.8. The number of nitrogens with zero attached hydrogens (tertiary/aromatic N) is 6. The van der Waals surface area contributed by atoms with Gasteiger partial charge in [0.1, 0.15) is 0 Å². The number of aryl methyl sites for hydroxylation is 1. The Morgan fingerprint density at radius 2 is 1.43 bits per heavy atom. The standard InChI is InChI=1S/C40H30N6O3/c1-24-19-32-42-21-31-33(27-11-8-18-41-20-27)34(25-9-4-3-5-10-25)35(43-36(31)46(32)44-24)26-14-16-28(17-15-26)40(22-39(2,49)23-40)45-37(47)29-12-6-7-13-30(29)38(45)48/h3-21,49H,22-23H2,1-2H3/t39-,40+. The summed E-state index contributed by atoms with van der Waals surface area (Å²) in [6.45, 7) is 3.68. The number of fused-ring (bicyclic) bond motifs is 4. The van der Waals surface area contributed by atoms with Gasteiger partial charge in [0.15, 0.2) is 11.3 Å². The molecule has 2 aliphatic rings. The summed E-state index contributed by atoms with van der Waals surface area (Å²) in [5, 5.41) is 16.6. The number of benzene rings is 3. The van der Waals surface area contributed by atoms with Gasteiger partial charge in [0.05, 0.1) is 33.7 Å². The predicted octanol–water partition coefficient (Wildman–Crippen LogP) is 7.02. The van der Waals surface area contributed by atoms with Crippen LogP contribution in [0, 0.1) is 6.92 Å². The van der Waals surface area contributed by atoms with Gasteiger partial charge in [0, 0.05) is 65.1 Å². The highest BCUT2D eigenvalue weighted by Gasteiger charge is 2.60. The van der Waals surface area contributed by atoms with Crippen molar-refractivity contribution in [3.05, 3.63) is 138 Å². The normalized spacial score (nSPS) is 20.2. The number of hydrogen-bond donors (Lipinski definition) is 1. The lowest BCUT2D eigenvalue weighted by Gasteiger charge is -2.55. The van der Waals surface area contributed by atoms with Crippen molar-refractivity contribution in [1.29, 1.82) is 0 Å². The third-order valence-corrected chi connectivity index (χ3v) is 9.83. The molecule has 0 atom stereocenters. The van der Waals surface area contributed by atoms with Crippen LogP contribution in [0.1, 0.15) is 51.7 Å². The Hall–Kier alpha value is -6.06. The molecule has 0 spiro atoms. The van der Waals surface area contributed by atoms with Crippen molar-refractivity contribution in [1.82, 2.24) is 29.5 Å². The average molecular weight is 643 g/mol. The van der Waals surface area contributed by atoms with Crippen molar-refractivity contribution in [3.63, 3.8) is 0 Å². The highest BCUT2D eigenvalue weighted by molar-refractivity contribution is 6.22. The molecule has 2 amide bonds. The van der Waals surface area contributed by atoms with Crippen molar-refractivity contribution in [2.75, 3.05) is 0 Å². The number of aliphatic hydroxyl groups is 1. The van der Waals surface area contributed by atoms with E-state index in [0.29, 0.717) is 22.4 Å². The molecule has 0 saturated heterocycles. The van der Waals surface area contributed by atoms with Gasteiger partial charge in [-0.3, -0.25) is 19.5 Å². The molecule has 1 fully saturated rings. The zero-order valence-electron chi connectivity index (χ0n) is 26.8. The number of carbonyl (C=O) groups excluding carboxylic acids is 2. The molecule has 1 aliphatic carbocycles. The first-order chi connectivity index (χ1) is 23.7. The Morgan fingerprint density at radius 1 is 0.755 bits per heavy atom. The van der Waals surface area contributed by atoms with Crippen LogP contribution < -0.4 is 0 Å². The molecule has 9 rings (SSSR count). The Morgan fingerprint density at radius 3 is 2.08 bits per heavy atom. The number of aromatic nitrogens is 5. The van der Waals surface area contributed by atoms with E-state index in [4.69, 9.17) is 15.1 Å². The van der Waals surface area contributed by atoms with E-state index in [1.165, 1.54) is 4.90 Å². The maximum Gasteiger partial charge on any atom is 0.262 e. The topological polar surface area (TPSA) is 114 Å². The number of imide groups is 1. The van der Waals surface area contributed by atoms with Crippen molar-refractivity contribution in [3.8, 4) is 33.5 Å². The third-order valence-electron chi connectivity index (χ3n) is 9.83. The number of rotatable bonds is 5. The van der Waals surface area contributed by atoms with Gasteiger partial charge in [0.2, 0.25) is 0 Å². The summed E-state index contributed by atoms with van der Waals surface area (Å²) in [7, 11) is 0. The van der Waals surface area contributed by atoms with Gasteiger partial charge in [-0.1, -0.05) is 72.8 Å². The van der Waals surface area contributed by atoms with Crippen LogP contribution in [0.4, 0.5) is 0 Å². The predicted molar refractivity (Wildman–Crippen MR) is 186 cm³/mol. The molecule has 1 aliphatic heterocycles. The van der Waals surface area contributed by atoms with Gasteiger partial charge < -0.3 is 5.11 Å². The van der Waals surface area contributed by atoms with E-state index < -0.39 is 11.1 Å². The van der Waals surface area contributed by atoms with E-state index in [-0.39, 0.29) is 24.7 Å². The SMILES string of the molecule is Cc1cc2ncc3c(-c4cccnc4)c(-c4ccccc4)c(-c4ccc([C@]5(N6C(=O)c7ccccc7C6=O)C[C@@](C)(O)C5)cc4)nc3n2n1. The highest BCUT2D eigenvalue weighted by Crippen LogP contribution is 2.55. The largest absolute Gasteiger partial charge is 0.390 e. The second kappa shape index (κ2) is 10.5. The molecule has 0 bridgehead atoms. The van der Waals surface area contributed by atoms with E-state index >= 15 is 0 Å². The van der Waals surface area contributed by atoms with Crippen LogP contribution in [-0.4, -0.2) is 52.0 Å². The van der Waals surface area contributed by atoms with Gasteiger partial charge in [-0.05, 0) is 43.2 Å². The van der Waals surface area contributed by atoms with Gasteiger partial charge in [-0.2, -0.15) is 9.61 Å². The van der Waals surface area contributed by atoms with Crippen LogP contribution >= 0.6 is 0 Å².